The van der Waals surface area contributed by atoms with Crippen molar-refractivity contribution in [2.24, 2.45) is 0 Å². The number of pyridine rings is 3. The maximum atomic E-state index is 15.1. The smallest absolute Gasteiger partial charge is 0.268 e. The van der Waals surface area contributed by atoms with Crippen LogP contribution >= 0.6 is 0 Å². The Labute approximate surface area is 234 Å². The average molecular weight is 557 g/mol. The molecule has 8 nitrogen and oxygen atoms in total. The fourth-order valence-electron chi connectivity index (χ4n) is 4.83. The number of nitrogens with one attached hydrogen (secondary N) is 1. The van der Waals surface area contributed by atoms with Gasteiger partial charge in [-0.2, -0.15) is 0 Å². The summed E-state index contributed by atoms with van der Waals surface area (Å²) in [5.41, 5.74) is 2.85. The number of anilines is 1. The van der Waals surface area contributed by atoms with Gasteiger partial charge in [0.05, 0.1) is 18.8 Å². The van der Waals surface area contributed by atoms with Crippen LogP contribution in [-0.4, -0.2) is 27.6 Å². The number of fused-ring (bicyclic) bond motifs is 1. The Balaban J connectivity index is 1.45. The maximum absolute atomic E-state index is 15.1. The highest BCUT2D eigenvalue weighted by molar-refractivity contribution is 6.05. The zero-order valence-electron chi connectivity index (χ0n) is 22.8. The van der Waals surface area contributed by atoms with E-state index in [1.165, 1.54) is 60.5 Å². The van der Waals surface area contributed by atoms with Crippen molar-refractivity contribution >= 4 is 22.6 Å². The molecule has 0 aliphatic carbocycles. The van der Waals surface area contributed by atoms with Gasteiger partial charge in [0, 0.05) is 41.5 Å². The quantitative estimate of drug-likeness (QED) is 0.253. The van der Waals surface area contributed by atoms with Gasteiger partial charge >= 0.3 is 0 Å². The molecule has 5 aromatic rings. The van der Waals surface area contributed by atoms with E-state index in [0.717, 1.165) is 11.6 Å². The van der Waals surface area contributed by atoms with Crippen molar-refractivity contribution in [1.29, 1.82) is 0 Å². The molecule has 3 aromatic heterocycles. The lowest BCUT2D eigenvalue weighted by molar-refractivity contribution is 0.102. The summed E-state index contributed by atoms with van der Waals surface area (Å²) in [4.78, 5) is 35.5. The van der Waals surface area contributed by atoms with Crippen molar-refractivity contribution in [3.05, 3.63) is 111 Å². The molecule has 0 fully saturated rings. The molecule has 3 heterocycles. The number of carbonyl (C=O) groups excluding carboxylic acids is 1. The second kappa shape index (κ2) is 11.2. The van der Waals surface area contributed by atoms with Crippen molar-refractivity contribution in [1.82, 2.24) is 14.5 Å². The molecule has 1 N–H and O–H groups in total. The van der Waals surface area contributed by atoms with E-state index in [1.807, 2.05) is 6.92 Å². The first-order chi connectivity index (χ1) is 19.7. The van der Waals surface area contributed by atoms with Crippen molar-refractivity contribution in [2.75, 3.05) is 12.4 Å². The highest BCUT2D eigenvalue weighted by Gasteiger charge is 2.23. The topological polar surface area (TPSA) is 95.3 Å². The van der Waals surface area contributed by atoms with Crippen molar-refractivity contribution < 1.29 is 23.0 Å². The number of rotatable bonds is 7. The molecule has 0 aliphatic heterocycles. The Morgan fingerprint density at radius 3 is 2.44 bits per heavy atom. The summed E-state index contributed by atoms with van der Waals surface area (Å²) >= 11 is 0. The van der Waals surface area contributed by atoms with Crippen LogP contribution in [-0.2, 0) is 6.42 Å². The SMILES string of the molecule is CCc1c(C)c(C(=O)Nc2ccc(Oc3ccnc4cc(OC)cnc34)c(F)c2)c(=O)n(-c2ccc(F)cc2)c1C. The number of ether oxygens (including phenoxy) is 2. The number of halogens is 2. The molecule has 0 bridgehead atoms. The molecule has 41 heavy (non-hydrogen) atoms. The molecule has 0 unspecified atom stereocenters. The molecule has 0 saturated carbocycles. The first-order valence-corrected chi connectivity index (χ1v) is 12.8. The Morgan fingerprint density at radius 1 is 1.00 bits per heavy atom. The highest BCUT2D eigenvalue weighted by Crippen LogP contribution is 2.31. The first-order valence-electron chi connectivity index (χ1n) is 12.8. The summed E-state index contributed by atoms with van der Waals surface area (Å²) in [5.74, 6) is -1.15. The number of carbonyl (C=O) groups is 1. The van der Waals surface area contributed by atoms with E-state index in [9.17, 15) is 14.0 Å². The van der Waals surface area contributed by atoms with Crippen LogP contribution in [0.4, 0.5) is 14.5 Å². The van der Waals surface area contributed by atoms with Gasteiger partial charge in [-0.3, -0.25) is 19.1 Å². The summed E-state index contributed by atoms with van der Waals surface area (Å²) in [7, 11) is 1.52. The van der Waals surface area contributed by atoms with Gasteiger partial charge in [-0.05, 0) is 67.8 Å². The molecule has 0 radical (unpaired) electrons. The lowest BCUT2D eigenvalue weighted by atomic mass is 9.99. The molecule has 5 rings (SSSR count). The third kappa shape index (κ3) is 5.23. The van der Waals surface area contributed by atoms with E-state index in [0.29, 0.717) is 40.1 Å². The minimum Gasteiger partial charge on any atom is -0.495 e. The molecule has 0 atom stereocenters. The lowest BCUT2D eigenvalue weighted by Gasteiger charge is -2.19. The first kappa shape index (κ1) is 27.4. The molecule has 1 amide bonds. The van der Waals surface area contributed by atoms with Gasteiger partial charge in [-0.1, -0.05) is 6.92 Å². The summed E-state index contributed by atoms with van der Waals surface area (Å²) in [5, 5.41) is 2.63. The monoisotopic (exact) mass is 556 g/mol. The molecular weight excluding hydrogens is 530 g/mol. The Bertz CT molecular complexity index is 1850. The van der Waals surface area contributed by atoms with E-state index in [2.05, 4.69) is 15.3 Å². The van der Waals surface area contributed by atoms with E-state index >= 15 is 4.39 Å². The minimum atomic E-state index is -0.736. The van der Waals surface area contributed by atoms with Crippen LogP contribution in [0.5, 0.6) is 17.2 Å². The molecule has 208 valence electrons. The Morgan fingerprint density at radius 2 is 1.76 bits per heavy atom. The number of methoxy groups -OCH3 is 1. The fraction of sp³-hybridized carbons (Fsp3) is 0.161. The highest BCUT2D eigenvalue weighted by atomic mass is 19.1. The number of benzene rings is 2. The summed E-state index contributed by atoms with van der Waals surface area (Å²) in [6.45, 7) is 5.41. The van der Waals surface area contributed by atoms with Gasteiger partial charge < -0.3 is 14.8 Å². The second-order valence-electron chi connectivity index (χ2n) is 9.29. The van der Waals surface area contributed by atoms with Crippen LogP contribution in [0.25, 0.3) is 16.7 Å². The van der Waals surface area contributed by atoms with Crippen LogP contribution in [0, 0.1) is 25.5 Å². The summed E-state index contributed by atoms with van der Waals surface area (Å²) in [6.07, 6.45) is 3.58. The Kier molecular flexibility index (Phi) is 7.47. The molecule has 0 spiro atoms. The maximum Gasteiger partial charge on any atom is 0.268 e. The molecule has 2 aromatic carbocycles. The molecule has 0 saturated heterocycles. The van der Waals surface area contributed by atoms with E-state index in [-0.39, 0.29) is 22.7 Å². The number of hydrogen-bond donors (Lipinski definition) is 1. The largest absolute Gasteiger partial charge is 0.495 e. The van der Waals surface area contributed by atoms with Gasteiger partial charge in [0.15, 0.2) is 17.3 Å². The molecule has 10 heteroatoms. The van der Waals surface area contributed by atoms with Crippen LogP contribution in [0.15, 0.2) is 71.8 Å². The average Bonchev–Trinajstić information content (AvgIpc) is 2.95. The summed E-state index contributed by atoms with van der Waals surface area (Å²) in [6, 6.07) is 12.7. The van der Waals surface area contributed by atoms with Crippen molar-refractivity contribution in [3.63, 3.8) is 0 Å². The molecule has 0 aliphatic rings. The standard InChI is InChI=1S/C31H26F2N4O4/c1-5-23-17(2)28(31(39)37(18(23)3)21-9-6-19(32)7-10-21)30(38)36-20-8-11-26(24(33)14-20)41-27-12-13-34-25-15-22(40-4)16-35-29(25)27/h6-16H,5H2,1-4H3,(H,36,38). The van der Waals surface area contributed by atoms with Gasteiger partial charge in [0.2, 0.25) is 0 Å². The van der Waals surface area contributed by atoms with Gasteiger partial charge in [-0.25, -0.2) is 13.8 Å². The van der Waals surface area contributed by atoms with Crippen LogP contribution < -0.4 is 20.3 Å². The van der Waals surface area contributed by atoms with Crippen molar-refractivity contribution in [2.45, 2.75) is 27.2 Å². The van der Waals surface area contributed by atoms with Crippen LogP contribution in [0.1, 0.15) is 34.1 Å². The lowest BCUT2D eigenvalue weighted by Crippen LogP contribution is -2.32. The number of nitrogens with zero attached hydrogens (tertiary/aromatic N) is 3. The van der Waals surface area contributed by atoms with E-state index in [4.69, 9.17) is 9.47 Å². The van der Waals surface area contributed by atoms with E-state index in [1.54, 1.807) is 26.0 Å². The second-order valence-corrected chi connectivity index (χ2v) is 9.29. The predicted octanol–water partition coefficient (Wildman–Crippen LogP) is 6.29. The van der Waals surface area contributed by atoms with Gasteiger partial charge in [0.1, 0.15) is 22.6 Å². The fourth-order valence-corrected chi connectivity index (χ4v) is 4.83. The van der Waals surface area contributed by atoms with Gasteiger partial charge in [-0.15, -0.1) is 0 Å². The third-order valence-corrected chi connectivity index (χ3v) is 6.84. The zero-order chi connectivity index (χ0) is 29.3. The number of amides is 1. The number of hydrogen-bond acceptors (Lipinski definition) is 6. The van der Waals surface area contributed by atoms with Crippen LogP contribution in [0.2, 0.25) is 0 Å². The van der Waals surface area contributed by atoms with E-state index < -0.39 is 23.1 Å². The third-order valence-electron chi connectivity index (χ3n) is 6.84. The summed E-state index contributed by atoms with van der Waals surface area (Å²) < 4.78 is 41.0. The number of aromatic nitrogens is 3. The Hall–Kier alpha value is -5.12. The predicted molar refractivity (Wildman–Crippen MR) is 151 cm³/mol. The zero-order valence-corrected chi connectivity index (χ0v) is 22.8. The normalized spacial score (nSPS) is 11.0. The molecular formula is C31H26F2N4O4. The van der Waals surface area contributed by atoms with Gasteiger partial charge in [0.25, 0.3) is 11.5 Å². The van der Waals surface area contributed by atoms with Crippen LogP contribution in [0.3, 0.4) is 0 Å². The minimum absolute atomic E-state index is 0.0812. The van der Waals surface area contributed by atoms with Crippen molar-refractivity contribution in [3.8, 4) is 22.9 Å².